The molecule has 2 aliphatic heterocycles. The van der Waals surface area contributed by atoms with Crippen molar-refractivity contribution in [3.05, 3.63) is 0 Å². The topological polar surface area (TPSA) is 32.3 Å². The van der Waals surface area contributed by atoms with E-state index in [9.17, 15) is 4.79 Å². The molecule has 4 heteroatoms. The fraction of sp³-hybridized carbons (Fsp3) is 0.938. The number of halogens is 1. The number of hydrogen-bond donors (Lipinski definition) is 1. The van der Waals surface area contributed by atoms with E-state index < -0.39 is 0 Å². The van der Waals surface area contributed by atoms with Crippen LogP contribution < -0.4 is 5.32 Å². The van der Waals surface area contributed by atoms with Gasteiger partial charge in [-0.3, -0.25) is 4.79 Å². The van der Waals surface area contributed by atoms with Crippen LogP contribution in [0.3, 0.4) is 0 Å². The molecule has 1 N–H and O–H groups in total. The van der Waals surface area contributed by atoms with Crippen molar-refractivity contribution in [2.75, 3.05) is 13.1 Å². The lowest BCUT2D eigenvalue weighted by Gasteiger charge is -2.36. The molecular weight excluding hydrogens is 272 g/mol. The average molecular weight is 301 g/mol. The van der Waals surface area contributed by atoms with Gasteiger partial charge in [0, 0.05) is 19.1 Å². The van der Waals surface area contributed by atoms with Gasteiger partial charge in [-0.2, -0.15) is 0 Å². The van der Waals surface area contributed by atoms with E-state index in [-0.39, 0.29) is 18.4 Å². The Morgan fingerprint density at radius 1 is 1.05 bits per heavy atom. The number of rotatable bonds is 1. The number of nitrogens with one attached hydrogen (secondary N) is 1. The van der Waals surface area contributed by atoms with Crippen molar-refractivity contribution in [3.63, 3.8) is 0 Å². The first-order valence-electron chi connectivity index (χ1n) is 8.18. The van der Waals surface area contributed by atoms with E-state index >= 15 is 0 Å². The smallest absolute Gasteiger partial charge is 0.239 e. The van der Waals surface area contributed by atoms with Crippen molar-refractivity contribution in [2.24, 2.45) is 17.8 Å². The molecule has 116 valence electrons. The minimum absolute atomic E-state index is 0. The zero-order chi connectivity index (χ0) is 13.4. The maximum Gasteiger partial charge on any atom is 0.239 e. The fourth-order valence-electron chi connectivity index (χ4n) is 4.57. The zero-order valence-corrected chi connectivity index (χ0v) is 13.6. The Morgan fingerprint density at radius 2 is 1.70 bits per heavy atom. The third kappa shape index (κ3) is 3.30. The van der Waals surface area contributed by atoms with Crippen LogP contribution in [-0.4, -0.2) is 36.0 Å². The minimum Gasteiger partial charge on any atom is -0.341 e. The van der Waals surface area contributed by atoms with Gasteiger partial charge in [0.25, 0.3) is 0 Å². The van der Waals surface area contributed by atoms with E-state index in [1.807, 2.05) is 0 Å². The zero-order valence-electron chi connectivity index (χ0n) is 12.8. The summed E-state index contributed by atoms with van der Waals surface area (Å²) in [5.41, 5.74) is 0. The second kappa shape index (κ2) is 6.65. The van der Waals surface area contributed by atoms with Crippen molar-refractivity contribution in [1.82, 2.24) is 10.2 Å². The summed E-state index contributed by atoms with van der Waals surface area (Å²) in [7, 11) is 0. The molecule has 1 amide bonds. The lowest BCUT2D eigenvalue weighted by molar-refractivity contribution is -0.135. The fourth-order valence-corrected chi connectivity index (χ4v) is 4.57. The molecule has 3 nitrogen and oxygen atoms in total. The highest BCUT2D eigenvalue weighted by Gasteiger charge is 2.40. The van der Waals surface area contributed by atoms with Crippen LogP contribution in [0.4, 0.5) is 0 Å². The van der Waals surface area contributed by atoms with Gasteiger partial charge in [-0.1, -0.05) is 26.7 Å². The van der Waals surface area contributed by atoms with Gasteiger partial charge in [-0.05, 0) is 43.4 Å². The Balaban J connectivity index is 0.00000147. The number of hydrogen-bond acceptors (Lipinski definition) is 2. The van der Waals surface area contributed by atoms with Crippen molar-refractivity contribution >= 4 is 18.3 Å². The monoisotopic (exact) mass is 300 g/mol. The molecule has 0 aromatic rings. The number of amides is 1. The van der Waals surface area contributed by atoms with E-state index in [0.29, 0.717) is 23.8 Å². The average Bonchev–Trinajstić information content (AvgIpc) is 2.80. The summed E-state index contributed by atoms with van der Waals surface area (Å²) >= 11 is 0. The van der Waals surface area contributed by atoms with Gasteiger partial charge in [0.1, 0.15) is 0 Å². The number of piperidine rings is 1. The summed E-state index contributed by atoms with van der Waals surface area (Å²) in [6, 6.07) is 0.743. The van der Waals surface area contributed by atoms with Gasteiger partial charge in [-0.15, -0.1) is 12.4 Å². The number of carbonyl (C=O) groups excluding carboxylic acids is 1. The van der Waals surface area contributed by atoms with Crippen LogP contribution in [0.2, 0.25) is 0 Å². The van der Waals surface area contributed by atoms with Gasteiger partial charge in [-0.25, -0.2) is 0 Å². The molecule has 5 unspecified atom stereocenters. The van der Waals surface area contributed by atoms with Crippen molar-refractivity contribution < 1.29 is 4.79 Å². The van der Waals surface area contributed by atoms with E-state index in [2.05, 4.69) is 24.1 Å². The molecule has 0 bridgehead atoms. The Kier molecular flexibility index (Phi) is 5.36. The standard InChI is InChI=1S/C16H28N2O.ClH/c1-11-7-12(2)10-18(9-11)16(19)15-8-13-5-3-4-6-14(13)17-15;/h11-15,17H,3-10H2,1-2H3;1H. The quantitative estimate of drug-likeness (QED) is 0.807. The number of nitrogens with zero attached hydrogens (tertiary/aromatic N) is 1. The van der Waals surface area contributed by atoms with Crippen LogP contribution in [0.1, 0.15) is 52.4 Å². The van der Waals surface area contributed by atoms with Gasteiger partial charge in [0.2, 0.25) is 5.91 Å². The van der Waals surface area contributed by atoms with Crippen molar-refractivity contribution in [2.45, 2.75) is 64.5 Å². The number of likely N-dealkylation sites (tertiary alicyclic amines) is 1. The van der Waals surface area contributed by atoms with Crippen molar-refractivity contribution in [3.8, 4) is 0 Å². The van der Waals surface area contributed by atoms with Crippen molar-refractivity contribution in [1.29, 1.82) is 0 Å². The molecule has 20 heavy (non-hydrogen) atoms. The molecule has 1 aliphatic carbocycles. The molecule has 3 fully saturated rings. The maximum absolute atomic E-state index is 12.7. The highest BCUT2D eigenvalue weighted by molar-refractivity contribution is 5.85. The molecule has 3 aliphatic rings. The third-order valence-corrected chi connectivity index (χ3v) is 5.34. The molecule has 3 rings (SSSR count). The molecule has 0 aromatic heterocycles. The molecule has 1 saturated carbocycles. The second-order valence-corrected chi connectivity index (χ2v) is 7.30. The molecule has 0 radical (unpaired) electrons. The lowest BCUT2D eigenvalue weighted by atomic mass is 9.85. The Labute approximate surface area is 129 Å². The number of carbonyl (C=O) groups is 1. The van der Waals surface area contributed by atoms with Crippen LogP contribution >= 0.6 is 12.4 Å². The van der Waals surface area contributed by atoms with Gasteiger partial charge in [0.05, 0.1) is 6.04 Å². The summed E-state index contributed by atoms with van der Waals surface area (Å²) in [6.45, 7) is 6.49. The van der Waals surface area contributed by atoms with Crippen LogP contribution in [-0.2, 0) is 4.79 Å². The summed E-state index contributed by atoms with van der Waals surface area (Å²) < 4.78 is 0. The van der Waals surface area contributed by atoms with Crippen LogP contribution in [0.15, 0.2) is 0 Å². The first-order valence-corrected chi connectivity index (χ1v) is 8.18. The maximum atomic E-state index is 12.7. The molecule has 5 atom stereocenters. The first-order chi connectivity index (χ1) is 9.13. The summed E-state index contributed by atoms with van der Waals surface area (Å²) in [4.78, 5) is 14.8. The predicted octanol–water partition coefficient (Wildman–Crippen LogP) is 2.83. The molecule has 0 aromatic carbocycles. The Bertz CT molecular complexity index is 325. The number of fused-ring (bicyclic) bond motifs is 1. The van der Waals surface area contributed by atoms with E-state index in [4.69, 9.17) is 0 Å². The van der Waals surface area contributed by atoms with Gasteiger partial charge >= 0.3 is 0 Å². The molecule has 0 spiro atoms. The van der Waals surface area contributed by atoms with E-state index in [0.717, 1.165) is 25.4 Å². The van der Waals surface area contributed by atoms with Crippen LogP contribution in [0.25, 0.3) is 0 Å². The first kappa shape index (κ1) is 16.1. The summed E-state index contributed by atoms with van der Waals surface area (Å²) in [5.74, 6) is 2.47. The van der Waals surface area contributed by atoms with E-state index in [1.54, 1.807) is 0 Å². The molecule has 2 saturated heterocycles. The molecule has 2 heterocycles. The van der Waals surface area contributed by atoms with Gasteiger partial charge < -0.3 is 10.2 Å². The summed E-state index contributed by atoms with van der Waals surface area (Å²) in [5, 5.41) is 3.63. The second-order valence-electron chi connectivity index (χ2n) is 7.30. The van der Waals surface area contributed by atoms with E-state index in [1.165, 1.54) is 32.1 Å². The Hall–Kier alpha value is -0.280. The largest absolute Gasteiger partial charge is 0.341 e. The highest BCUT2D eigenvalue weighted by atomic mass is 35.5. The Morgan fingerprint density at radius 3 is 2.35 bits per heavy atom. The molecular formula is C16H29ClN2O. The van der Waals surface area contributed by atoms with Gasteiger partial charge in [0.15, 0.2) is 0 Å². The lowest BCUT2D eigenvalue weighted by Crippen LogP contribution is -2.50. The van der Waals surface area contributed by atoms with Crippen LogP contribution in [0, 0.1) is 17.8 Å². The third-order valence-electron chi connectivity index (χ3n) is 5.34. The SMILES string of the molecule is CC1CC(C)CN(C(=O)C2CC3CCCCC3N2)C1.Cl. The normalized spacial score (nSPS) is 40.9. The highest BCUT2D eigenvalue weighted by Crippen LogP contribution is 2.34. The predicted molar refractivity (Wildman–Crippen MR) is 84.1 cm³/mol. The van der Waals surface area contributed by atoms with Crippen LogP contribution in [0.5, 0.6) is 0 Å². The minimum atomic E-state index is 0. The summed E-state index contributed by atoms with van der Waals surface area (Å²) in [6.07, 6.45) is 7.67.